The van der Waals surface area contributed by atoms with Gasteiger partial charge in [-0.15, -0.1) is 0 Å². The molecule has 2 atom stereocenters. The van der Waals surface area contributed by atoms with Crippen LogP contribution in [0.4, 0.5) is 0 Å². The predicted octanol–water partition coefficient (Wildman–Crippen LogP) is 2.10. The number of aryl methyl sites for hydroxylation is 1. The number of H-pyrrole nitrogens is 1. The van der Waals surface area contributed by atoms with Crippen LogP contribution in [0.5, 0.6) is 0 Å². The first-order chi connectivity index (χ1) is 7.24. The van der Waals surface area contributed by atoms with Gasteiger partial charge in [-0.2, -0.15) is 5.10 Å². The van der Waals surface area contributed by atoms with E-state index in [1.807, 2.05) is 0 Å². The molecule has 0 spiro atoms. The van der Waals surface area contributed by atoms with E-state index in [-0.39, 0.29) is 0 Å². The van der Waals surface area contributed by atoms with Crippen LogP contribution in [0.2, 0.25) is 0 Å². The lowest BCUT2D eigenvalue weighted by atomic mass is 10.0. The second-order valence-corrected chi connectivity index (χ2v) is 4.42. The number of nitrogens with one attached hydrogen (secondary N) is 1. The molecule has 1 N–H and O–H groups in total. The van der Waals surface area contributed by atoms with Gasteiger partial charge in [0.05, 0.1) is 6.61 Å². The van der Waals surface area contributed by atoms with Crippen LogP contribution in [-0.2, 0) is 11.2 Å². The monoisotopic (exact) mass is 227 g/mol. The summed E-state index contributed by atoms with van der Waals surface area (Å²) in [7, 11) is 0. The fourth-order valence-electron chi connectivity index (χ4n) is 2.15. The Balaban J connectivity index is 2.26. The summed E-state index contributed by atoms with van der Waals surface area (Å²) in [4.78, 5) is 0. The molecule has 1 aliphatic rings. The average Bonchev–Trinajstić information content (AvgIpc) is 2.85. The van der Waals surface area contributed by atoms with E-state index in [0.29, 0.717) is 12.0 Å². The minimum absolute atomic E-state index is 0.383. The number of ether oxygens (including phenoxy) is 1. The number of rotatable bonds is 3. The van der Waals surface area contributed by atoms with Crippen molar-refractivity contribution in [3.63, 3.8) is 0 Å². The maximum absolute atomic E-state index is 5.41. The summed E-state index contributed by atoms with van der Waals surface area (Å²) in [5.74, 6) is 1.61. The fraction of sp³-hybridized carbons (Fsp3) is 0.800. The Morgan fingerprint density at radius 1 is 1.73 bits per heavy atom. The maximum Gasteiger partial charge on any atom is 0.195 e. The molecule has 0 bridgehead atoms. The highest BCUT2D eigenvalue weighted by molar-refractivity contribution is 7.71. The van der Waals surface area contributed by atoms with Crippen molar-refractivity contribution in [2.45, 2.75) is 32.7 Å². The summed E-state index contributed by atoms with van der Waals surface area (Å²) in [5.41, 5.74) is 0. The number of aromatic nitrogens is 3. The highest BCUT2D eigenvalue weighted by Crippen LogP contribution is 2.26. The summed E-state index contributed by atoms with van der Waals surface area (Å²) < 4.78 is 8.27. The smallest absolute Gasteiger partial charge is 0.195 e. The molecule has 84 valence electrons. The van der Waals surface area contributed by atoms with Crippen molar-refractivity contribution in [3.05, 3.63) is 10.6 Å². The number of aromatic amines is 1. The van der Waals surface area contributed by atoms with Gasteiger partial charge in [0.25, 0.3) is 0 Å². The summed E-state index contributed by atoms with van der Waals surface area (Å²) in [6, 6.07) is 0.383. The Labute approximate surface area is 94.6 Å². The van der Waals surface area contributed by atoms with Crippen LogP contribution in [0.25, 0.3) is 0 Å². The van der Waals surface area contributed by atoms with Crippen molar-refractivity contribution in [1.29, 1.82) is 0 Å². The number of hydrogen-bond donors (Lipinski definition) is 1. The summed E-state index contributed by atoms with van der Waals surface area (Å²) in [5, 5.41) is 7.10. The van der Waals surface area contributed by atoms with Crippen LogP contribution in [0.15, 0.2) is 0 Å². The molecule has 1 aliphatic heterocycles. The van der Waals surface area contributed by atoms with Gasteiger partial charge in [-0.25, -0.2) is 0 Å². The standard InChI is InChI=1S/C10H17N3OS/c1-3-9-11-12-10(15)13(9)7(2)8-4-5-14-6-8/h7-8H,3-6H2,1-2H3,(H,12,15). The van der Waals surface area contributed by atoms with Crippen LogP contribution in [0, 0.1) is 10.7 Å². The van der Waals surface area contributed by atoms with E-state index in [9.17, 15) is 0 Å². The molecule has 1 aromatic heterocycles. The van der Waals surface area contributed by atoms with Crippen LogP contribution in [-0.4, -0.2) is 28.0 Å². The van der Waals surface area contributed by atoms with E-state index in [4.69, 9.17) is 17.0 Å². The van der Waals surface area contributed by atoms with Crippen LogP contribution >= 0.6 is 12.2 Å². The summed E-state index contributed by atoms with van der Waals surface area (Å²) in [6.07, 6.45) is 2.03. The highest BCUT2D eigenvalue weighted by atomic mass is 32.1. The first-order valence-corrected chi connectivity index (χ1v) is 5.88. The van der Waals surface area contributed by atoms with Gasteiger partial charge < -0.3 is 9.30 Å². The SMILES string of the molecule is CCc1n[nH]c(=S)n1C(C)C1CCOC1. The molecule has 1 fully saturated rings. The molecule has 0 radical (unpaired) electrons. The normalized spacial score (nSPS) is 23.2. The Kier molecular flexibility index (Phi) is 3.21. The first kappa shape index (κ1) is 10.8. The molecule has 0 aliphatic carbocycles. The molecule has 15 heavy (non-hydrogen) atoms. The zero-order chi connectivity index (χ0) is 10.8. The van der Waals surface area contributed by atoms with E-state index in [2.05, 4.69) is 28.6 Å². The molecule has 1 aromatic rings. The van der Waals surface area contributed by atoms with E-state index >= 15 is 0 Å². The van der Waals surface area contributed by atoms with E-state index < -0.39 is 0 Å². The third-order valence-corrected chi connectivity index (χ3v) is 3.44. The van der Waals surface area contributed by atoms with Crippen LogP contribution < -0.4 is 0 Å². The van der Waals surface area contributed by atoms with Gasteiger partial charge in [-0.05, 0) is 25.6 Å². The highest BCUT2D eigenvalue weighted by Gasteiger charge is 2.25. The lowest BCUT2D eigenvalue weighted by Gasteiger charge is -2.20. The van der Waals surface area contributed by atoms with Gasteiger partial charge in [-0.3, -0.25) is 5.10 Å². The minimum atomic E-state index is 0.383. The molecule has 4 nitrogen and oxygen atoms in total. The zero-order valence-corrected chi connectivity index (χ0v) is 10.0. The van der Waals surface area contributed by atoms with Crippen molar-refractivity contribution in [2.75, 3.05) is 13.2 Å². The topological polar surface area (TPSA) is 42.8 Å². The fourth-order valence-corrected chi connectivity index (χ4v) is 2.47. The van der Waals surface area contributed by atoms with E-state index in [1.165, 1.54) is 0 Å². The molecule has 2 heterocycles. The van der Waals surface area contributed by atoms with Crippen molar-refractivity contribution in [3.8, 4) is 0 Å². The quantitative estimate of drug-likeness (QED) is 0.804. The van der Waals surface area contributed by atoms with Crippen molar-refractivity contribution in [1.82, 2.24) is 14.8 Å². The summed E-state index contributed by atoms with van der Waals surface area (Å²) in [6.45, 7) is 6.02. The number of nitrogens with zero attached hydrogens (tertiary/aromatic N) is 2. The Morgan fingerprint density at radius 2 is 2.53 bits per heavy atom. The minimum Gasteiger partial charge on any atom is -0.381 e. The Bertz CT molecular complexity index is 378. The van der Waals surface area contributed by atoms with Gasteiger partial charge in [0, 0.05) is 25.0 Å². The average molecular weight is 227 g/mol. The lowest BCUT2D eigenvalue weighted by molar-refractivity contribution is 0.174. The van der Waals surface area contributed by atoms with Crippen molar-refractivity contribution >= 4 is 12.2 Å². The molecule has 0 amide bonds. The second kappa shape index (κ2) is 4.45. The van der Waals surface area contributed by atoms with Crippen LogP contribution in [0.1, 0.15) is 32.1 Å². The van der Waals surface area contributed by atoms with Crippen LogP contribution in [0.3, 0.4) is 0 Å². The molecule has 0 aromatic carbocycles. The van der Waals surface area contributed by atoms with Gasteiger partial charge in [-0.1, -0.05) is 6.92 Å². The van der Waals surface area contributed by atoms with E-state index in [0.717, 1.165) is 36.7 Å². The number of hydrogen-bond acceptors (Lipinski definition) is 3. The van der Waals surface area contributed by atoms with Gasteiger partial charge in [0.1, 0.15) is 5.82 Å². The summed E-state index contributed by atoms with van der Waals surface area (Å²) >= 11 is 5.25. The van der Waals surface area contributed by atoms with Gasteiger partial charge in [0.15, 0.2) is 4.77 Å². The first-order valence-electron chi connectivity index (χ1n) is 5.47. The lowest BCUT2D eigenvalue weighted by Crippen LogP contribution is -2.19. The molecule has 2 rings (SSSR count). The third kappa shape index (κ3) is 1.99. The molecule has 0 saturated carbocycles. The van der Waals surface area contributed by atoms with Crippen molar-refractivity contribution < 1.29 is 4.74 Å². The third-order valence-electron chi connectivity index (χ3n) is 3.15. The molecule has 2 unspecified atom stereocenters. The molecular formula is C10H17N3OS. The molecule has 5 heteroatoms. The van der Waals surface area contributed by atoms with E-state index in [1.54, 1.807) is 0 Å². The molecule has 1 saturated heterocycles. The Hall–Kier alpha value is -0.680. The van der Waals surface area contributed by atoms with Crippen molar-refractivity contribution in [2.24, 2.45) is 5.92 Å². The van der Waals surface area contributed by atoms with Gasteiger partial charge in [0.2, 0.25) is 0 Å². The molecular weight excluding hydrogens is 210 g/mol. The largest absolute Gasteiger partial charge is 0.381 e. The Morgan fingerprint density at radius 3 is 3.13 bits per heavy atom. The second-order valence-electron chi connectivity index (χ2n) is 4.03. The zero-order valence-electron chi connectivity index (χ0n) is 9.19. The maximum atomic E-state index is 5.41. The van der Waals surface area contributed by atoms with Gasteiger partial charge >= 0.3 is 0 Å². The predicted molar refractivity (Wildman–Crippen MR) is 60.4 cm³/mol.